The summed E-state index contributed by atoms with van der Waals surface area (Å²) in [6.07, 6.45) is 8.20. The monoisotopic (exact) mass is 251 g/mol. The van der Waals surface area contributed by atoms with Crippen molar-refractivity contribution in [2.45, 2.75) is 57.5 Å². The molecule has 0 bridgehead atoms. The fourth-order valence-electron chi connectivity index (χ4n) is 3.55. The number of likely N-dealkylation sites (tertiary alicyclic amines) is 1. The first-order valence-corrected chi connectivity index (χ1v) is 7.19. The molecule has 3 atom stereocenters. The third-order valence-corrected chi connectivity index (χ3v) is 4.66. The maximum absolute atomic E-state index is 11.7. The summed E-state index contributed by atoms with van der Waals surface area (Å²) in [5.74, 6) is 0.663. The Morgan fingerprint density at radius 1 is 1.44 bits per heavy atom. The van der Waals surface area contributed by atoms with Crippen LogP contribution in [0.15, 0.2) is 11.6 Å². The minimum Gasteiger partial charge on any atom is -0.396 e. The summed E-state index contributed by atoms with van der Waals surface area (Å²) in [5.41, 5.74) is 1.34. The highest BCUT2D eigenvalue weighted by molar-refractivity contribution is 5.90. The molecule has 1 N–H and O–H groups in total. The Bertz CT molecular complexity index is 337. The van der Waals surface area contributed by atoms with Gasteiger partial charge in [0.15, 0.2) is 5.78 Å². The van der Waals surface area contributed by atoms with Gasteiger partial charge >= 0.3 is 0 Å². The molecule has 2 aliphatic rings. The van der Waals surface area contributed by atoms with Gasteiger partial charge in [0, 0.05) is 18.5 Å². The maximum Gasteiger partial charge on any atom is 0.157 e. The average Bonchev–Trinajstić information content (AvgIpc) is 2.36. The highest BCUT2D eigenvalue weighted by atomic mass is 16.3. The Kier molecular flexibility index (Phi) is 4.57. The predicted octanol–water partition coefficient (Wildman–Crippen LogP) is 2.15. The summed E-state index contributed by atoms with van der Waals surface area (Å²) in [5, 5.41) is 8.83. The van der Waals surface area contributed by atoms with Crippen LogP contribution in [-0.2, 0) is 4.79 Å². The zero-order valence-corrected chi connectivity index (χ0v) is 11.6. The van der Waals surface area contributed by atoms with Gasteiger partial charge in [-0.05, 0) is 45.2 Å². The molecular formula is C15H25NO2. The third kappa shape index (κ3) is 2.83. The fraction of sp³-hybridized carbons (Fsp3) is 0.800. The number of fused-ring (bicyclic) bond motifs is 1. The number of allylic oxidation sites excluding steroid dienone is 1. The van der Waals surface area contributed by atoms with Crippen molar-refractivity contribution in [3.05, 3.63) is 11.6 Å². The lowest BCUT2D eigenvalue weighted by atomic mass is 9.73. The second kappa shape index (κ2) is 5.98. The number of carbonyl (C=O) groups is 1. The molecule has 0 radical (unpaired) electrons. The maximum atomic E-state index is 11.7. The van der Waals surface area contributed by atoms with Crippen LogP contribution in [0.25, 0.3) is 0 Å². The Labute approximate surface area is 110 Å². The summed E-state index contributed by atoms with van der Waals surface area (Å²) in [6, 6.07) is 1.15. The second-order valence-electron chi connectivity index (χ2n) is 5.84. The Hall–Kier alpha value is -0.670. The largest absolute Gasteiger partial charge is 0.396 e. The van der Waals surface area contributed by atoms with Crippen molar-refractivity contribution in [1.29, 1.82) is 0 Å². The molecule has 3 nitrogen and oxygen atoms in total. The van der Waals surface area contributed by atoms with Crippen molar-refractivity contribution in [2.75, 3.05) is 13.7 Å². The Balaban J connectivity index is 2.16. The van der Waals surface area contributed by atoms with Crippen LogP contribution in [0.2, 0.25) is 0 Å². The van der Waals surface area contributed by atoms with Gasteiger partial charge < -0.3 is 5.11 Å². The van der Waals surface area contributed by atoms with E-state index in [1.165, 1.54) is 31.3 Å². The molecule has 0 aromatic rings. The van der Waals surface area contributed by atoms with E-state index in [9.17, 15) is 4.79 Å². The third-order valence-electron chi connectivity index (χ3n) is 4.66. The normalized spacial score (nSPS) is 35.5. The number of piperidine rings is 1. The molecule has 2 rings (SSSR count). The van der Waals surface area contributed by atoms with Crippen molar-refractivity contribution in [3.8, 4) is 0 Å². The van der Waals surface area contributed by atoms with Crippen LogP contribution >= 0.6 is 0 Å². The molecule has 102 valence electrons. The van der Waals surface area contributed by atoms with Crippen molar-refractivity contribution in [2.24, 2.45) is 5.92 Å². The number of hydrogen-bond acceptors (Lipinski definition) is 3. The van der Waals surface area contributed by atoms with E-state index < -0.39 is 0 Å². The van der Waals surface area contributed by atoms with Crippen LogP contribution in [0.5, 0.6) is 0 Å². The fourth-order valence-corrected chi connectivity index (χ4v) is 3.55. The van der Waals surface area contributed by atoms with Gasteiger partial charge in [-0.1, -0.05) is 18.4 Å². The minimum absolute atomic E-state index is 0.0356. The predicted molar refractivity (Wildman–Crippen MR) is 72.4 cm³/mol. The van der Waals surface area contributed by atoms with E-state index in [0.29, 0.717) is 18.0 Å². The molecule has 0 aromatic carbocycles. The Morgan fingerprint density at radius 3 is 2.89 bits per heavy atom. The van der Waals surface area contributed by atoms with Crippen molar-refractivity contribution >= 4 is 5.78 Å². The van der Waals surface area contributed by atoms with Gasteiger partial charge in [-0.3, -0.25) is 9.69 Å². The molecule has 0 spiro atoms. The van der Waals surface area contributed by atoms with Gasteiger partial charge in [0.1, 0.15) is 0 Å². The number of aliphatic hydroxyl groups is 1. The van der Waals surface area contributed by atoms with E-state index >= 15 is 0 Å². The number of ketones is 1. The molecule has 0 amide bonds. The molecule has 2 fully saturated rings. The quantitative estimate of drug-likeness (QED) is 0.781. The topological polar surface area (TPSA) is 40.5 Å². The average molecular weight is 251 g/mol. The van der Waals surface area contributed by atoms with Gasteiger partial charge in [0.2, 0.25) is 0 Å². The van der Waals surface area contributed by atoms with Crippen LogP contribution in [-0.4, -0.2) is 41.5 Å². The molecule has 1 saturated carbocycles. The first kappa shape index (κ1) is 13.8. The summed E-state index contributed by atoms with van der Waals surface area (Å²) in [6.45, 7) is 2.21. The molecule has 1 saturated heterocycles. The van der Waals surface area contributed by atoms with E-state index in [2.05, 4.69) is 18.9 Å². The SMILES string of the molecule is CC1C/C(=C\C(=O)CCO)C2CCCCC2N1C. The molecule has 3 unspecified atom stereocenters. The highest BCUT2D eigenvalue weighted by Crippen LogP contribution is 2.40. The van der Waals surface area contributed by atoms with E-state index in [0.717, 1.165) is 6.42 Å². The lowest BCUT2D eigenvalue weighted by molar-refractivity contribution is -0.115. The van der Waals surface area contributed by atoms with Crippen LogP contribution in [0.4, 0.5) is 0 Å². The van der Waals surface area contributed by atoms with Crippen molar-refractivity contribution in [1.82, 2.24) is 4.90 Å². The minimum atomic E-state index is -0.0356. The number of nitrogens with zero attached hydrogens (tertiary/aromatic N) is 1. The van der Waals surface area contributed by atoms with Gasteiger partial charge in [-0.15, -0.1) is 0 Å². The molecule has 3 heteroatoms. The summed E-state index contributed by atoms with van der Waals surface area (Å²) < 4.78 is 0. The van der Waals surface area contributed by atoms with Crippen molar-refractivity contribution < 1.29 is 9.90 Å². The summed E-state index contributed by atoms with van der Waals surface area (Å²) in [4.78, 5) is 14.2. The number of aliphatic hydroxyl groups excluding tert-OH is 1. The lowest BCUT2D eigenvalue weighted by Crippen LogP contribution is -2.49. The molecular weight excluding hydrogens is 226 g/mol. The van der Waals surface area contributed by atoms with E-state index in [1.54, 1.807) is 0 Å². The van der Waals surface area contributed by atoms with Gasteiger partial charge in [-0.25, -0.2) is 0 Å². The number of rotatable bonds is 3. The van der Waals surface area contributed by atoms with Crippen LogP contribution in [0.1, 0.15) is 45.4 Å². The number of hydrogen-bond donors (Lipinski definition) is 1. The molecule has 0 aromatic heterocycles. The molecule has 1 heterocycles. The first-order chi connectivity index (χ1) is 8.63. The lowest BCUT2D eigenvalue weighted by Gasteiger charge is -2.47. The van der Waals surface area contributed by atoms with Crippen LogP contribution in [0, 0.1) is 5.92 Å². The molecule has 1 aliphatic carbocycles. The standard InChI is InChI=1S/C15H25NO2/c1-11-9-12(10-13(18)7-8-17)14-5-3-4-6-15(14)16(11)2/h10-11,14-15,17H,3-9H2,1-2H3/b12-10+. The zero-order chi connectivity index (χ0) is 13.1. The Morgan fingerprint density at radius 2 is 2.17 bits per heavy atom. The molecule has 18 heavy (non-hydrogen) atoms. The summed E-state index contributed by atoms with van der Waals surface area (Å²) in [7, 11) is 2.22. The molecule has 1 aliphatic heterocycles. The van der Waals surface area contributed by atoms with Crippen molar-refractivity contribution in [3.63, 3.8) is 0 Å². The van der Waals surface area contributed by atoms with E-state index in [1.807, 2.05) is 6.08 Å². The van der Waals surface area contributed by atoms with Crippen LogP contribution in [0.3, 0.4) is 0 Å². The number of carbonyl (C=O) groups excluding carboxylic acids is 1. The first-order valence-electron chi connectivity index (χ1n) is 7.19. The van der Waals surface area contributed by atoms with Crippen LogP contribution < -0.4 is 0 Å². The highest BCUT2D eigenvalue weighted by Gasteiger charge is 2.37. The van der Waals surface area contributed by atoms with E-state index in [-0.39, 0.29) is 18.8 Å². The smallest absolute Gasteiger partial charge is 0.157 e. The summed E-state index contributed by atoms with van der Waals surface area (Å²) >= 11 is 0. The van der Waals surface area contributed by atoms with E-state index in [4.69, 9.17) is 5.11 Å². The van der Waals surface area contributed by atoms with Gasteiger partial charge in [0.05, 0.1) is 6.61 Å². The van der Waals surface area contributed by atoms with Gasteiger partial charge in [-0.2, -0.15) is 0 Å². The zero-order valence-electron chi connectivity index (χ0n) is 11.6. The van der Waals surface area contributed by atoms with Gasteiger partial charge in [0.25, 0.3) is 0 Å². The second-order valence-corrected chi connectivity index (χ2v) is 5.84.